The molecule has 2 aromatic heterocycles. The van der Waals surface area contributed by atoms with Crippen LogP contribution >= 0.6 is 11.3 Å². The molecule has 0 spiro atoms. The third-order valence-electron chi connectivity index (χ3n) is 3.96. The van der Waals surface area contributed by atoms with E-state index in [-0.39, 0.29) is 17.6 Å². The van der Waals surface area contributed by atoms with Crippen LogP contribution in [-0.4, -0.2) is 38.6 Å². The molecule has 0 amide bonds. The van der Waals surface area contributed by atoms with E-state index >= 15 is 0 Å². The van der Waals surface area contributed by atoms with Crippen LogP contribution in [0.4, 0.5) is 0 Å². The Bertz CT molecular complexity index is 679. The number of hydrogen-bond donors (Lipinski definition) is 1. The molecule has 20 heavy (non-hydrogen) atoms. The zero-order chi connectivity index (χ0) is 14.3. The van der Waals surface area contributed by atoms with Gasteiger partial charge in [-0.05, 0) is 19.3 Å². The molecule has 6 heteroatoms. The largest absolute Gasteiger partial charge is 0.393 e. The Morgan fingerprint density at radius 2 is 2.35 bits per heavy atom. The first-order chi connectivity index (χ1) is 9.54. The van der Waals surface area contributed by atoms with Crippen molar-refractivity contribution in [1.29, 1.82) is 0 Å². The Labute approximate surface area is 121 Å². The quantitative estimate of drug-likeness (QED) is 0.906. The third kappa shape index (κ3) is 2.51. The highest BCUT2D eigenvalue weighted by Crippen LogP contribution is 2.18. The smallest absolute Gasteiger partial charge is 0.259 e. The first-order valence-corrected chi connectivity index (χ1v) is 7.80. The Hall–Kier alpha value is -1.24. The van der Waals surface area contributed by atoms with Crippen LogP contribution in [0.25, 0.3) is 4.96 Å². The maximum atomic E-state index is 12.1. The maximum absolute atomic E-state index is 12.1. The van der Waals surface area contributed by atoms with Crippen molar-refractivity contribution in [3.63, 3.8) is 0 Å². The summed E-state index contributed by atoms with van der Waals surface area (Å²) in [6.07, 6.45) is 0.591. The van der Waals surface area contributed by atoms with Gasteiger partial charge in [0.05, 0.1) is 11.8 Å². The predicted molar refractivity (Wildman–Crippen MR) is 79.1 cm³/mol. The van der Waals surface area contributed by atoms with Crippen LogP contribution in [-0.2, 0) is 6.54 Å². The number of thiazole rings is 1. The van der Waals surface area contributed by atoms with Gasteiger partial charge in [-0.1, -0.05) is 6.92 Å². The Kier molecular flexibility index (Phi) is 3.62. The summed E-state index contributed by atoms with van der Waals surface area (Å²) in [6, 6.07) is 1.63. The number of aliphatic hydroxyl groups excluding tert-OH is 1. The van der Waals surface area contributed by atoms with Gasteiger partial charge in [0.2, 0.25) is 0 Å². The van der Waals surface area contributed by atoms with Gasteiger partial charge in [0.25, 0.3) is 5.56 Å². The summed E-state index contributed by atoms with van der Waals surface area (Å²) in [5, 5.41) is 11.7. The number of aliphatic hydroxyl groups is 1. The molecule has 1 aliphatic rings. The number of aryl methyl sites for hydroxylation is 1. The van der Waals surface area contributed by atoms with Crippen LogP contribution in [0.15, 0.2) is 16.2 Å². The van der Waals surface area contributed by atoms with Gasteiger partial charge >= 0.3 is 0 Å². The van der Waals surface area contributed by atoms with Crippen molar-refractivity contribution in [3.8, 4) is 0 Å². The molecule has 1 N–H and O–H groups in total. The van der Waals surface area contributed by atoms with E-state index < -0.39 is 0 Å². The molecular weight excluding hydrogens is 274 g/mol. The lowest BCUT2D eigenvalue weighted by molar-refractivity contribution is 0.0316. The predicted octanol–water partition coefficient (Wildman–Crippen LogP) is 1.27. The first kappa shape index (κ1) is 13.7. The molecule has 0 radical (unpaired) electrons. The van der Waals surface area contributed by atoms with E-state index in [0.717, 1.165) is 35.9 Å². The van der Waals surface area contributed by atoms with E-state index in [9.17, 15) is 9.90 Å². The number of hydrogen-bond acceptors (Lipinski definition) is 5. The van der Waals surface area contributed by atoms with Crippen molar-refractivity contribution >= 4 is 16.3 Å². The van der Waals surface area contributed by atoms with Gasteiger partial charge in [0, 0.05) is 36.8 Å². The number of nitrogens with zero attached hydrogens (tertiary/aromatic N) is 3. The highest BCUT2D eigenvalue weighted by Gasteiger charge is 2.24. The summed E-state index contributed by atoms with van der Waals surface area (Å²) in [6.45, 7) is 6.37. The molecule has 1 saturated heterocycles. The molecular formula is C14H19N3O2S. The fraction of sp³-hybridized carbons (Fsp3) is 0.571. The molecule has 2 aromatic rings. The monoisotopic (exact) mass is 293 g/mol. The molecule has 3 rings (SSSR count). The second kappa shape index (κ2) is 5.27. The minimum atomic E-state index is -0.202. The fourth-order valence-corrected chi connectivity index (χ4v) is 3.66. The fourth-order valence-electron chi connectivity index (χ4n) is 2.77. The Morgan fingerprint density at radius 3 is 3.10 bits per heavy atom. The van der Waals surface area contributed by atoms with E-state index in [1.807, 2.05) is 12.3 Å². The van der Waals surface area contributed by atoms with Crippen molar-refractivity contribution in [2.45, 2.75) is 32.9 Å². The lowest BCUT2D eigenvalue weighted by Gasteiger charge is -2.34. The van der Waals surface area contributed by atoms with Crippen LogP contribution in [0.5, 0.6) is 0 Å². The second-order valence-corrected chi connectivity index (χ2v) is 6.49. The number of rotatable bonds is 2. The van der Waals surface area contributed by atoms with Crippen molar-refractivity contribution in [3.05, 3.63) is 33.2 Å². The van der Waals surface area contributed by atoms with E-state index in [4.69, 9.17) is 0 Å². The number of piperidine rings is 1. The average Bonchev–Trinajstić information content (AvgIpc) is 2.76. The van der Waals surface area contributed by atoms with Gasteiger partial charge in [0.1, 0.15) is 0 Å². The molecule has 1 fully saturated rings. The summed E-state index contributed by atoms with van der Waals surface area (Å²) in [5.41, 5.74) is 1.75. The number of fused-ring (bicyclic) bond motifs is 1. The lowest BCUT2D eigenvalue weighted by atomic mass is 9.97. The Morgan fingerprint density at radius 1 is 1.55 bits per heavy atom. The molecule has 3 heterocycles. The van der Waals surface area contributed by atoms with Crippen molar-refractivity contribution < 1.29 is 5.11 Å². The zero-order valence-electron chi connectivity index (χ0n) is 11.7. The summed E-state index contributed by atoms with van der Waals surface area (Å²) >= 11 is 1.50. The minimum absolute atomic E-state index is 0.00570. The van der Waals surface area contributed by atoms with Crippen LogP contribution < -0.4 is 5.56 Å². The molecule has 0 bridgehead atoms. The van der Waals surface area contributed by atoms with E-state index in [1.165, 1.54) is 11.3 Å². The molecule has 2 atom stereocenters. The van der Waals surface area contributed by atoms with Gasteiger partial charge in [0.15, 0.2) is 4.96 Å². The van der Waals surface area contributed by atoms with Crippen LogP contribution in [0.3, 0.4) is 0 Å². The summed E-state index contributed by atoms with van der Waals surface area (Å²) in [4.78, 5) is 19.7. The van der Waals surface area contributed by atoms with Crippen molar-refractivity contribution in [2.75, 3.05) is 13.1 Å². The van der Waals surface area contributed by atoms with Crippen LogP contribution in [0, 0.1) is 12.8 Å². The number of likely N-dealkylation sites (tertiary alicyclic amines) is 1. The molecule has 0 aliphatic carbocycles. The molecule has 0 saturated carbocycles. The summed E-state index contributed by atoms with van der Waals surface area (Å²) < 4.78 is 1.65. The van der Waals surface area contributed by atoms with Crippen molar-refractivity contribution in [2.24, 2.45) is 5.92 Å². The molecule has 2 unspecified atom stereocenters. The first-order valence-electron chi connectivity index (χ1n) is 6.92. The third-order valence-corrected chi connectivity index (χ3v) is 4.90. The van der Waals surface area contributed by atoms with Gasteiger partial charge in [-0.3, -0.25) is 14.1 Å². The highest BCUT2D eigenvalue weighted by molar-refractivity contribution is 7.15. The average molecular weight is 293 g/mol. The van der Waals surface area contributed by atoms with Crippen molar-refractivity contribution in [1.82, 2.24) is 14.3 Å². The summed E-state index contributed by atoms with van der Waals surface area (Å²) in [5.74, 6) is 0.276. The molecule has 108 valence electrons. The van der Waals surface area contributed by atoms with E-state index in [1.54, 1.807) is 10.5 Å². The summed E-state index contributed by atoms with van der Waals surface area (Å²) in [7, 11) is 0. The van der Waals surface area contributed by atoms with Crippen LogP contribution in [0.2, 0.25) is 0 Å². The van der Waals surface area contributed by atoms with Gasteiger partial charge < -0.3 is 5.11 Å². The normalized spacial score (nSPS) is 24.4. The van der Waals surface area contributed by atoms with E-state index in [2.05, 4.69) is 16.8 Å². The minimum Gasteiger partial charge on any atom is -0.393 e. The Balaban J connectivity index is 1.83. The van der Waals surface area contributed by atoms with E-state index in [0.29, 0.717) is 6.54 Å². The molecule has 5 nitrogen and oxygen atoms in total. The molecule has 0 aromatic carbocycles. The highest BCUT2D eigenvalue weighted by atomic mass is 32.1. The number of aromatic nitrogens is 2. The van der Waals surface area contributed by atoms with Gasteiger partial charge in [-0.25, -0.2) is 4.98 Å². The van der Waals surface area contributed by atoms with Crippen LogP contribution in [0.1, 0.15) is 24.7 Å². The van der Waals surface area contributed by atoms with Gasteiger partial charge in [-0.2, -0.15) is 0 Å². The molecule has 1 aliphatic heterocycles. The van der Waals surface area contributed by atoms with Gasteiger partial charge in [-0.15, -0.1) is 11.3 Å². The lowest BCUT2D eigenvalue weighted by Crippen LogP contribution is -2.41. The SMILES string of the molecule is Cc1csc2nc(CN3CCC(O)C(C)C3)cc(=O)n12. The zero-order valence-corrected chi connectivity index (χ0v) is 12.6. The second-order valence-electron chi connectivity index (χ2n) is 5.65. The standard InChI is InChI=1S/C14H19N3O2S/c1-9-6-16(4-3-12(9)18)7-11-5-13(19)17-10(2)8-20-14(17)15-11/h5,8-9,12,18H,3-4,6-7H2,1-2H3. The topological polar surface area (TPSA) is 57.8 Å². The maximum Gasteiger partial charge on any atom is 0.259 e.